The van der Waals surface area contributed by atoms with E-state index in [0.717, 1.165) is 29.0 Å². The highest BCUT2D eigenvalue weighted by Crippen LogP contribution is 2.27. The van der Waals surface area contributed by atoms with Crippen molar-refractivity contribution in [2.24, 2.45) is 0 Å². The van der Waals surface area contributed by atoms with Crippen LogP contribution in [-0.4, -0.2) is 0 Å². The van der Waals surface area contributed by atoms with Crippen LogP contribution >= 0.6 is 11.6 Å². The summed E-state index contributed by atoms with van der Waals surface area (Å²) >= 11 is 6.41. The predicted octanol–water partition coefficient (Wildman–Crippen LogP) is 5.39. The lowest BCUT2D eigenvalue weighted by Gasteiger charge is -2.14. The summed E-state index contributed by atoms with van der Waals surface area (Å²) in [5, 5.41) is 0.874. The Morgan fingerprint density at radius 2 is 1.68 bits per heavy atom. The van der Waals surface area contributed by atoms with Crippen LogP contribution < -0.4 is 0 Å². The zero-order valence-electron chi connectivity index (χ0n) is 11.3. The molecule has 19 heavy (non-hydrogen) atoms. The lowest BCUT2D eigenvalue weighted by Crippen LogP contribution is -2.00. The molecule has 0 heterocycles. The van der Waals surface area contributed by atoms with Crippen LogP contribution in [0.2, 0.25) is 5.02 Å². The van der Waals surface area contributed by atoms with E-state index in [1.165, 1.54) is 17.7 Å². The first-order valence-corrected chi connectivity index (χ1v) is 7.01. The first-order chi connectivity index (χ1) is 9.11. The van der Waals surface area contributed by atoms with E-state index in [4.69, 9.17) is 11.6 Å². The first-order valence-electron chi connectivity index (χ1n) is 6.63. The maximum absolute atomic E-state index is 12.9. The van der Waals surface area contributed by atoms with Crippen molar-refractivity contribution in [1.82, 2.24) is 0 Å². The third-order valence-corrected chi connectivity index (χ3v) is 3.99. The Morgan fingerprint density at radius 3 is 2.32 bits per heavy atom. The monoisotopic (exact) mass is 276 g/mol. The molecule has 0 spiro atoms. The van der Waals surface area contributed by atoms with E-state index in [1.807, 2.05) is 12.1 Å². The molecule has 0 saturated carbocycles. The Labute approximate surface area is 119 Å². The lowest BCUT2D eigenvalue weighted by atomic mass is 9.93. The number of hydrogen-bond acceptors (Lipinski definition) is 0. The summed E-state index contributed by atoms with van der Waals surface area (Å²) in [7, 11) is 0. The second-order valence-corrected chi connectivity index (χ2v) is 5.28. The van der Waals surface area contributed by atoms with Gasteiger partial charge in [-0.15, -0.1) is 0 Å². The molecule has 0 aromatic heterocycles. The summed E-state index contributed by atoms with van der Waals surface area (Å²) in [4.78, 5) is 0. The van der Waals surface area contributed by atoms with Gasteiger partial charge in [-0.1, -0.05) is 55.8 Å². The van der Waals surface area contributed by atoms with Gasteiger partial charge in [0.05, 0.1) is 0 Å². The van der Waals surface area contributed by atoms with Crippen LogP contribution in [0.5, 0.6) is 0 Å². The van der Waals surface area contributed by atoms with Gasteiger partial charge in [0.1, 0.15) is 5.82 Å². The second-order valence-electron chi connectivity index (χ2n) is 4.90. The van der Waals surface area contributed by atoms with Gasteiger partial charge in [0, 0.05) is 5.02 Å². The number of halogens is 2. The van der Waals surface area contributed by atoms with Crippen molar-refractivity contribution in [3.05, 3.63) is 70.0 Å². The summed E-state index contributed by atoms with van der Waals surface area (Å²) in [6, 6.07) is 12.9. The largest absolute Gasteiger partial charge is 0.207 e. The van der Waals surface area contributed by atoms with E-state index in [0.29, 0.717) is 5.92 Å². The normalized spacial score (nSPS) is 12.4. The fourth-order valence-corrected chi connectivity index (χ4v) is 2.64. The van der Waals surface area contributed by atoms with Crippen molar-refractivity contribution in [2.75, 3.05) is 0 Å². The number of hydrogen-bond donors (Lipinski definition) is 0. The Balaban J connectivity index is 2.19. The average molecular weight is 277 g/mol. The Kier molecular flexibility index (Phi) is 4.60. The van der Waals surface area contributed by atoms with E-state index in [2.05, 4.69) is 32.0 Å². The smallest absolute Gasteiger partial charge is 0.123 e. The van der Waals surface area contributed by atoms with Gasteiger partial charge >= 0.3 is 0 Å². The van der Waals surface area contributed by atoms with E-state index in [9.17, 15) is 4.39 Å². The third-order valence-electron chi connectivity index (χ3n) is 3.50. The van der Waals surface area contributed by atoms with E-state index in [1.54, 1.807) is 0 Å². The van der Waals surface area contributed by atoms with Crippen molar-refractivity contribution in [2.45, 2.75) is 32.6 Å². The molecule has 2 rings (SSSR count). The standard InChI is InChI=1S/C17H18ClF/c1-3-13-5-4-6-15(17(13)18)11-12(2)14-7-9-16(19)10-8-14/h4-10,12H,3,11H2,1-2H3. The van der Waals surface area contributed by atoms with Gasteiger partial charge in [-0.2, -0.15) is 0 Å². The first kappa shape index (κ1) is 14.1. The van der Waals surface area contributed by atoms with Gasteiger partial charge < -0.3 is 0 Å². The quantitative estimate of drug-likeness (QED) is 0.702. The molecule has 0 aliphatic carbocycles. The van der Waals surface area contributed by atoms with Crippen molar-refractivity contribution in [1.29, 1.82) is 0 Å². The molecule has 0 fully saturated rings. The van der Waals surface area contributed by atoms with E-state index >= 15 is 0 Å². The van der Waals surface area contributed by atoms with Gasteiger partial charge in [-0.05, 0) is 47.6 Å². The molecule has 0 aliphatic rings. The zero-order valence-corrected chi connectivity index (χ0v) is 12.0. The van der Waals surface area contributed by atoms with Crippen molar-refractivity contribution >= 4 is 11.6 Å². The maximum atomic E-state index is 12.9. The molecule has 2 heteroatoms. The molecule has 0 saturated heterocycles. The molecule has 1 unspecified atom stereocenters. The van der Waals surface area contributed by atoms with Gasteiger partial charge in [-0.25, -0.2) is 4.39 Å². The second kappa shape index (κ2) is 6.21. The Hall–Kier alpha value is -1.34. The SMILES string of the molecule is CCc1cccc(CC(C)c2ccc(F)cc2)c1Cl. The maximum Gasteiger partial charge on any atom is 0.123 e. The summed E-state index contributed by atoms with van der Waals surface area (Å²) in [6.45, 7) is 4.25. The molecule has 0 aliphatic heterocycles. The van der Waals surface area contributed by atoms with Crippen molar-refractivity contribution in [3.8, 4) is 0 Å². The van der Waals surface area contributed by atoms with E-state index in [-0.39, 0.29) is 5.82 Å². The minimum atomic E-state index is -0.193. The molecular weight excluding hydrogens is 259 g/mol. The van der Waals surface area contributed by atoms with Crippen LogP contribution in [0.3, 0.4) is 0 Å². The molecular formula is C17H18ClF. The fraction of sp³-hybridized carbons (Fsp3) is 0.294. The van der Waals surface area contributed by atoms with Gasteiger partial charge in [-0.3, -0.25) is 0 Å². The molecule has 0 amide bonds. The summed E-state index contributed by atoms with van der Waals surface area (Å²) in [5.41, 5.74) is 3.49. The molecule has 0 nitrogen and oxygen atoms in total. The zero-order chi connectivity index (χ0) is 13.8. The van der Waals surface area contributed by atoms with Crippen LogP contribution in [-0.2, 0) is 12.8 Å². The number of rotatable bonds is 4. The van der Waals surface area contributed by atoms with Crippen molar-refractivity contribution in [3.63, 3.8) is 0 Å². The van der Waals surface area contributed by atoms with Gasteiger partial charge in [0.15, 0.2) is 0 Å². The van der Waals surface area contributed by atoms with Crippen molar-refractivity contribution < 1.29 is 4.39 Å². The summed E-state index contributed by atoms with van der Waals surface area (Å²) in [5.74, 6) is 0.132. The van der Waals surface area contributed by atoms with Gasteiger partial charge in [0.2, 0.25) is 0 Å². The topological polar surface area (TPSA) is 0 Å². The Bertz CT molecular complexity index is 546. The van der Waals surface area contributed by atoms with Crippen LogP contribution in [0.25, 0.3) is 0 Å². The summed E-state index contributed by atoms with van der Waals surface area (Å²) < 4.78 is 12.9. The molecule has 1 atom stereocenters. The van der Waals surface area contributed by atoms with Crippen LogP contribution in [0.4, 0.5) is 4.39 Å². The van der Waals surface area contributed by atoms with Gasteiger partial charge in [0.25, 0.3) is 0 Å². The molecule has 2 aromatic rings. The number of benzene rings is 2. The predicted molar refractivity (Wildman–Crippen MR) is 79.3 cm³/mol. The highest BCUT2D eigenvalue weighted by atomic mass is 35.5. The minimum absolute atomic E-state index is 0.193. The van der Waals surface area contributed by atoms with E-state index < -0.39 is 0 Å². The lowest BCUT2D eigenvalue weighted by molar-refractivity contribution is 0.625. The Morgan fingerprint density at radius 1 is 1.05 bits per heavy atom. The highest BCUT2D eigenvalue weighted by Gasteiger charge is 2.11. The third kappa shape index (κ3) is 3.36. The average Bonchev–Trinajstić information content (AvgIpc) is 2.42. The molecule has 0 radical (unpaired) electrons. The van der Waals surface area contributed by atoms with Crippen LogP contribution in [0.1, 0.15) is 36.5 Å². The molecule has 100 valence electrons. The minimum Gasteiger partial charge on any atom is -0.207 e. The molecule has 0 bridgehead atoms. The number of aryl methyl sites for hydroxylation is 1. The molecule has 0 N–H and O–H groups in total. The molecule has 2 aromatic carbocycles. The van der Waals surface area contributed by atoms with Crippen LogP contribution in [0, 0.1) is 5.82 Å². The summed E-state index contributed by atoms with van der Waals surface area (Å²) in [6.07, 6.45) is 1.82. The fourth-order valence-electron chi connectivity index (χ4n) is 2.30. The van der Waals surface area contributed by atoms with Crippen LogP contribution in [0.15, 0.2) is 42.5 Å². The highest BCUT2D eigenvalue weighted by molar-refractivity contribution is 6.32.